The molecule has 0 aliphatic rings. The molecule has 88 valence electrons. The summed E-state index contributed by atoms with van der Waals surface area (Å²) in [7, 11) is 1.48. The van der Waals surface area contributed by atoms with Crippen LogP contribution in [0.15, 0.2) is 23.6 Å². The maximum Gasteiger partial charge on any atom is 0.255 e. The van der Waals surface area contributed by atoms with Crippen molar-refractivity contribution in [2.75, 3.05) is 18.5 Å². The van der Waals surface area contributed by atoms with Gasteiger partial charge in [-0.15, -0.1) is 0 Å². The predicted octanol–water partition coefficient (Wildman–Crippen LogP) is 0.877. The van der Waals surface area contributed by atoms with Crippen molar-refractivity contribution in [3.63, 3.8) is 0 Å². The Kier molecular flexibility index (Phi) is 3.98. The van der Waals surface area contributed by atoms with Gasteiger partial charge < -0.3 is 15.8 Å². The number of nitrogens with zero attached hydrogens (tertiary/aromatic N) is 3. The minimum absolute atomic E-state index is 0.140. The summed E-state index contributed by atoms with van der Waals surface area (Å²) in [5, 5.41) is 11.4. The molecule has 3 N–H and O–H groups in total. The van der Waals surface area contributed by atoms with Crippen molar-refractivity contribution in [2.24, 2.45) is 10.9 Å². The van der Waals surface area contributed by atoms with Crippen molar-refractivity contribution >= 4 is 11.5 Å². The third-order valence-corrected chi connectivity index (χ3v) is 2.01. The Hall–Kier alpha value is -1.92. The fourth-order valence-corrected chi connectivity index (χ4v) is 1.27. The third kappa shape index (κ3) is 2.78. The summed E-state index contributed by atoms with van der Waals surface area (Å²) in [6.07, 6.45) is 0.355. The van der Waals surface area contributed by atoms with Gasteiger partial charge in [0.25, 0.3) is 6.43 Å². The summed E-state index contributed by atoms with van der Waals surface area (Å²) in [6.45, 7) is -0.447. The Labute approximate surface area is 91.2 Å². The van der Waals surface area contributed by atoms with E-state index in [1.165, 1.54) is 30.4 Å². The van der Waals surface area contributed by atoms with E-state index in [0.717, 1.165) is 0 Å². The number of nitrogens with two attached hydrogens (primary N) is 1. The lowest BCUT2D eigenvalue weighted by atomic mass is 10.2. The molecule has 0 atom stereocenters. The van der Waals surface area contributed by atoms with Crippen LogP contribution in [0.4, 0.5) is 14.5 Å². The van der Waals surface area contributed by atoms with Gasteiger partial charge >= 0.3 is 0 Å². The highest BCUT2D eigenvalue weighted by Crippen LogP contribution is 2.18. The van der Waals surface area contributed by atoms with Gasteiger partial charge in [-0.25, -0.2) is 8.78 Å². The Bertz CT molecular complexity index is 384. The van der Waals surface area contributed by atoms with E-state index in [2.05, 4.69) is 10.1 Å². The number of halogens is 2. The zero-order chi connectivity index (χ0) is 12.1. The van der Waals surface area contributed by atoms with Gasteiger partial charge in [-0.05, 0) is 6.07 Å². The molecular weight excluding hydrogens is 218 g/mol. The largest absolute Gasteiger partial charge is 0.409 e. The maximum absolute atomic E-state index is 12.2. The van der Waals surface area contributed by atoms with Crippen molar-refractivity contribution < 1.29 is 14.0 Å². The molecule has 16 heavy (non-hydrogen) atoms. The Morgan fingerprint density at radius 2 is 2.38 bits per heavy atom. The molecule has 0 spiro atoms. The minimum atomic E-state index is -2.47. The van der Waals surface area contributed by atoms with Gasteiger partial charge in [0.1, 0.15) is 0 Å². The van der Waals surface area contributed by atoms with Crippen LogP contribution in [-0.4, -0.2) is 36.0 Å². The van der Waals surface area contributed by atoms with Gasteiger partial charge in [-0.1, -0.05) is 5.16 Å². The van der Waals surface area contributed by atoms with Crippen molar-refractivity contribution in [3.8, 4) is 0 Å². The number of rotatable bonds is 4. The standard InChI is InChI=1S/C9H12F2N4O/c1-15(5-8(10)11)7-4-13-3-2-6(7)9(12)14-16/h2-4,8,16H,5H2,1H3,(H2,12,14). The van der Waals surface area contributed by atoms with E-state index in [1.807, 2.05) is 0 Å². The van der Waals surface area contributed by atoms with E-state index in [4.69, 9.17) is 10.9 Å². The first kappa shape index (κ1) is 12.2. The maximum atomic E-state index is 12.2. The van der Waals surface area contributed by atoms with Gasteiger partial charge in [-0.3, -0.25) is 4.98 Å². The summed E-state index contributed by atoms with van der Waals surface area (Å²) in [6, 6.07) is 1.49. The summed E-state index contributed by atoms with van der Waals surface area (Å²) in [5.41, 5.74) is 6.17. The number of hydrogen-bond acceptors (Lipinski definition) is 4. The Morgan fingerprint density at radius 1 is 1.69 bits per heavy atom. The molecule has 5 nitrogen and oxygen atoms in total. The number of alkyl halides is 2. The molecule has 1 aromatic heterocycles. The molecule has 0 saturated heterocycles. The molecule has 7 heteroatoms. The van der Waals surface area contributed by atoms with Gasteiger partial charge in [0.2, 0.25) is 0 Å². The normalized spacial score (nSPS) is 11.9. The van der Waals surface area contributed by atoms with E-state index < -0.39 is 13.0 Å². The Morgan fingerprint density at radius 3 is 2.94 bits per heavy atom. The van der Waals surface area contributed by atoms with Gasteiger partial charge in [-0.2, -0.15) is 0 Å². The highest BCUT2D eigenvalue weighted by Gasteiger charge is 2.14. The van der Waals surface area contributed by atoms with Crippen LogP contribution in [0.2, 0.25) is 0 Å². The quantitative estimate of drug-likeness (QED) is 0.348. The lowest BCUT2D eigenvalue weighted by Gasteiger charge is -2.20. The predicted molar refractivity (Wildman–Crippen MR) is 56.0 cm³/mol. The van der Waals surface area contributed by atoms with Crippen molar-refractivity contribution in [2.45, 2.75) is 6.43 Å². The van der Waals surface area contributed by atoms with Crippen LogP contribution in [0.5, 0.6) is 0 Å². The van der Waals surface area contributed by atoms with Crippen LogP contribution in [-0.2, 0) is 0 Å². The lowest BCUT2D eigenvalue weighted by Crippen LogP contribution is -2.27. The van der Waals surface area contributed by atoms with Crippen LogP contribution < -0.4 is 10.6 Å². The second kappa shape index (κ2) is 5.24. The second-order valence-electron chi connectivity index (χ2n) is 3.15. The molecule has 1 rings (SSSR count). The number of aromatic nitrogens is 1. The average Bonchev–Trinajstić information content (AvgIpc) is 2.27. The molecule has 0 unspecified atom stereocenters. The fraction of sp³-hybridized carbons (Fsp3) is 0.333. The molecule has 1 aromatic rings. The van der Waals surface area contributed by atoms with Crippen molar-refractivity contribution in [1.29, 1.82) is 0 Å². The molecular formula is C9H12F2N4O. The molecule has 0 saturated carbocycles. The zero-order valence-electron chi connectivity index (χ0n) is 8.64. The highest BCUT2D eigenvalue weighted by atomic mass is 19.3. The number of amidine groups is 1. The number of oxime groups is 1. The SMILES string of the molecule is CN(CC(F)F)c1cnccc1/C(N)=N/O. The smallest absolute Gasteiger partial charge is 0.255 e. The highest BCUT2D eigenvalue weighted by molar-refractivity contribution is 6.01. The molecule has 1 heterocycles. The summed E-state index contributed by atoms with van der Waals surface area (Å²) in [5.74, 6) is -0.140. The molecule has 0 bridgehead atoms. The first-order valence-electron chi connectivity index (χ1n) is 4.47. The number of anilines is 1. The van der Waals surface area contributed by atoms with Crippen LogP contribution >= 0.6 is 0 Å². The van der Waals surface area contributed by atoms with E-state index >= 15 is 0 Å². The minimum Gasteiger partial charge on any atom is -0.409 e. The van der Waals surface area contributed by atoms with Gasteiger partial charge in [0.15, 0.2) is 5.84 Å². The van der Waals surface area contributed by atoms with Crippen molar-refractivity contribution in [3.05, 3.63) is 24.0 Å². The summed E-state index contributed by atoms with van der Waals surface area (Å²) < 4.78 is 24.4. The molecule has 0 aromatic carbocycles. The second-order valence-corrected chi connectivity index (χ2v) is 3.15. The summed E-state index contributed by atoms with van der Waals surface area (Å²) >= 11 is 0. The molecule has 0 amide bonds. The van der Waals surface area contributed by atoms with Gasteiger partial charge in [0, 0.05) is 18.8 Å². The van der Waals surface area contributed by atoms with E-state index in [1.54, 1.807) is 0 Å². The molecule has 0 fully saturated rings. The van der Waals surface area contributed by atoms with E-state index in [0.29, 0.717) is 11.3 Å². The third-order valence-electron chi connectivity index (χ3n) is 2.01. The number of hydrogen-bond donors (Lipinski definition) is 2. The molecule has 0 radical (unpaired) electrons. The number of pyridine rings is 1. The van der Waals surface area contributed by atoms with Crippen LogP contribution in [0.25, 0.3) is 0 Å². The van der Waals surface area contributed by atoms with Crippen LogP contribution in [0.3, 0.4) is 0 Å². The van der Waals surface area contributed by atoms with E-state index in [9.17, 15) is 8.78 Å². The lowest BCUT2D eigenvalue weighted by molar-refractivity contribution is 0.156. The summed E-state index contributed by atoms with van der Waals surface area (Å²) in [4.78, 5) is 5.11. The topological polar surface area (TPSA) is 74.7 Å². The monoisotopic (exact) mass is 230 g/mol. The molecule has 0 aliphatic heterocycles. The van der Waals surface area contributed by atoms with E-state index in [-0.39, 0.29) is 5.84 Å². The Balaban J connectivity index is 3.03. The first-order chi connectivity index (χ1) is 7.56. The van der Waals surface area contributed by atoms with Crippen LogP contribution in [0, 0.1) is 0 Å². The van der Waals surface area contributed by atoms with Crippen molar-refractivity contribution in [1.82, 2.24) is 4.98 Å². The van der Waals surface area contributed by atoms with Crippen LogP contribution in [0.1, 0.15) is 5.56 Å². The average molecular weight is 230 g/mol. The zero-order valence-corrected chi connectivity index (χ0v) is 8.64. The van der Waals surface area contributed by atoms with Gasteiger partial charge in [0.05, 0.1) is 18.4 Å². The first-order valence-corrected chi connectivity index (χ1v) is 4.47. The molecule has 0 aliphatic carbocycles. The fourth-order valence-electron chi connectivity index (χ4n) is 1.27.